The van der Waals surface area contributed by atoms with Gasteiger partial charge in [0.2, 0.25) is 10.0 Å². The first-order valence-corrected chi connectivity index (χ1v) is 7.28. The molecule has 98 valence electrons. The van der Waals surface area contributed by atoms with Gasteiger partial charge in [-0.05, 0) is 18.9 Å². The third kappa shape index (κ3) is 2.39. The Morgan fingerprint density at radius 3 is 2.33 bits per heavy atom. The van der Waals surface area contributed by atoms with Gasteiger partial charge in [0.1, 0.15) is 0 Å². The summed E-state index contributed by atoms with van der Waals surface area (Å²) < 4.78 is 26.0. The van der Waals surface area contributed by atoms with Crippen LogP contribution >= 0.6 is 0 Å². The zero-order valence-corrected chi connectivity index (χ0v) is 10.6. The number of sulfonamides is 1. The van der Waals surface area contributed by atoms with Crippen LogP contribution in [0.4, 0.5) is 0 Å². The van der Waals surface area contributed by atoms with Crippen LogP contribution in [0, 0.1) is 0 Å². The molecule has 0 N–H and O–H groups in total. The van der Waals surface area contributed by atoms with Gasteiger partial charge in [-0.15, -0.1) is 0 Å². The third-order valence-electron chi connectivity index (χ3n) is 3.04. The molecule has 0 atom stereocenters. The molecule has 0 bridgehead atoms. The predicted octanol–water partition coefficient (Wildman–Crippen LogP) is 0.225. The van der Waals surface area contributed by atoms with Crippen LogP contribution < -0.4 is 5.11 Å². The first kappa shape index (κ1) is 13.0. The van der Waals surface area contributed by atoms with Gasteiger partial charge in [-0.2, -0.15) is 4.31 Å². The van der Waals surface area contributed by atoms with E-state index in [1.165, 1.54) is 28.6 Å². The van der Waals surface area contributed by atoms with Crippen LogP contribution in [-0.2, 0) is 10.0 Å². The quantitative estimate of drug-likeness (QED) is 0.786. The van der Waals surface area contributed by atoms with E-state index in [9.17, 15) is 18.3 Å². The number of carboxylic acid groups (broad SMARTS) is 1. The van der Waals surface area contributed by atoms with Gasteiger partial charge in [0.05, 0.1) is 10.9 Å². The number of hydrogen-bond donors (Lipinski definition) is 0. The minimum atomic E-state index is -3.73. The summed E-state index contributed by atoms with van der Waals surface area (Å²) in [5.74, 6) is -1.47. The summed E-state index contributed by atoms with van der Waals surface area (Å²) >= 11 is 0. The molecule has 1 aromatic rings. The van der Waals surface area contributed by atoms with Crippen molar-refractivity contribution in [3.8, 4) is 0 Å². The Morgan fingerprint density at radius 1 is 1.11 bits per heavy atom. The Kier molecular flexibility index (Phi) is 3.68. The Morgan fingerprint density at radius 2 is 1.72 bits per heavy atom. The number of nitrogens with zero attached hydrogens (tertiary/aromatic N) is 1. The Labute approximate surface area is 106 Å². The number of aromatic carboxylic acids is 1. The van der Waals surface area contributed by atoms with Crippen LogP contribution in [0.2, 0.25) is 0 Å². The number of piperidine rings is 1. The molecule has 1 fully saturated rings. The monoisotopic (exact) mass is 268 g/mol. The van der Waals surface area contributed by atoms with Crippen molar-refractivity contribution in [3.05, 3.63) is 29.8 Å². The van der Waals surface area contributed by atoms with E-state index in [2.05, 4.69) is 0 Å². The summed E-state index contributed by atoms with van der Waals surface area (Å²) in [5, 5.41) is 11.0. The topological polar surface area (TPSA) is 77.5 Å². The highest BCUT2D eigenvalue weighted by Crippen LogP contribution is 2.23. The van der Waals surface area contributed by atoms with E-state index in [-0.39, 0.29) is 10.5 Å². The summed E-state index contributed by atoms with van der Waals surface area (Å²) in [6.45, 7) is 0.896. The van der Waals surface area contributed by atoms with Gasteiger partial charge in [-0.3, -0.25) is 0 Å². The molecule has 0 unspecified atom stereocenters. The van der Waals surface area contributed by atoms with Crippen molar-refractivity contribution in [1.82, 2.24) is 4.31 Å². The average Bonchev–Trinajstić information content (AvgIpc) is 2.39. The molecule has 0 aromatic heterocycles. The van der Waals surface area contributed by atoms with Gasteiger partial charge >= 0.3 is 0 Å². The SMILES string of the molecule is O=C([O-])c1ccccc1S(=O)(=O)N1CCCCC1. The summed E-state index contributed by atoms with van der Waals surface area (Å²) in [7, 11) is -3.73. The molecule has 1 aromatic carbocycles. The molecule has 0 amide bonds. The number of benzene rings is 1. The van der Waals surface area contributed by atoms with Gasteiger partial charge < -0.3 is 9.90 Å². The largest absolute Gasteiger partial charge is 0.545 e. The number of rotatable bonds is 3. The van der Waals surface area contributed by atoms with E-state index >= 15 is 0 Å². The molecule has 0 aliphatic carbocycles. The van der Waals surface area contributed by atoms with Crippen LogP contribution in [0.15, 0.2) is 29.2 Å². The van der Waals surface area contributed by atoms with Gasteiger partial charge in [0, 0.05) is 18.7 Å². The minimum Gasteiger partial charge on any atom is -0.545 e. The molecule has 1 heterocycles. The van der Waals surface area contributed by atoms with Gasteiger partial charge in [-0.1, -0.05) is 24.6 Å². The lowest BCUT2D eigenvalue weighted by atomic mass is 10.2. The van der Waals surface area contributed by atoms with E-state index < -0.39 is 16.0 Å². The summed E-state index contributed by atoms with van der Waals surface area (Å²) in [5.41, 5.74) is -0.275. The number of carbonyl (C=O) groups excluding carboxylic acids is 1. The van der Waals surface area contributed by atoms with E-state index in [4.69, 9.17) is 0 Å². The molecule has 0 radical (unpaired) electrons. The van der Waals surface area contributed by atoms with Crippen LogP contribution in [0.5, 0.6) is 0 Å². The van der Waals surface area contributed by atoms with Crippen LogP contribution in [0.3, 0.4) is 0 Å². The maximum Gasteiger partial charge on any atom is 0.243 e. The maximum atomic E-state index is 12.3. The Hall–Kier alpha value is -1.40. The van der Waals surface area contributed by atoms with Crippen molar-refractivity contribution in [3.63, 3.8) is 0 Å². The van der Waals surface area contributed by atoms with E-state index in [0.29, 0.717) is 13.1 Å². The lowest BCUT2D eigenvalue weighted by Crippen LogP contribution is -2.37. The molecular formula is C12H14NO4S-. The van der Waals surface area contributed by atoms with Crippen molar-refractivity contribution in [1.29, 1.82) is 0 Å². The average molecular weight is 268 g/mol. The standard InChI is InChI=1S/C12H15NO4S/c14-12(15)10-6-2-3-7-11(10)18(16,17)13-8-4-1-5-9-13/h2-3,6-7H,1,4-5,8-9H2,(H,14,15)/p-1. The fourth-order valence-corrected chi connectivity index (χ4v) is 3.80. The number of carbonyl (C=O) groups is 1. The van der Waals surface area contributed by atoms with Gasteiger partial charge in [0.25, 0.3) is 0 Å². The molecular weight excluding hydrogens is 254 g/mol. The molecule has 6 heteroatoms. The zero-order chi connectivity index (χ0) is 13.2. The Bertz CT molecular complexity index is 547. The van der Waals surface area contributed by atoms with Crippen molar-refractivity contribution < 1.29 is 18.3 Å². The van der Waals surface area contributed by atoms with Crippen LogP contribution in [0.25, 0.3) is 0 Å². The fraction of sp³-hybridized carbons (Fsp3) is 0.417. The zero-order valence-electron chi connectivity index (χ0n) is 9.83. The fourth-order valence-electron chi connectivity index (χ4n) is 2.10. The van der Waals surface area contributed by atoms with E-state index in [1.54, 1.807) is 0 Å². The first-order valence-electron chi connectivity index (χ1n) is 5.84. The lowest BCUT2D eigenvalue weighted by molar-refractivity contribution is -0.255. The normalized spacial score (nSPS) is 17.6. The number of hydrogen-bond acceptors (Lipinski definition) is 4. The molecule has 1 aliphatic rings. The lowest BCUT2D eigenvalue weighted by Gasteiger charge is -2.26. The van der Waals surface area contributed by atoms with Crippen molar-refractivity contribution >= 4 is 16.0 Å². The van der Waals surface area contributed by atoms with Crippen LogP contribution in [-0.4, -0.2) is 31.8 Å². The highest BCUT2D eigenvalue weighted by Gasteiger charge is 2.27. The molecule has 1 aliphatic heterocycles. The second-order valence-corrected chi connectivity index (χ2v) is 6.15. The highest BCUT2D eigenvalue weighted by molar-refractivity contribution is 7.89. The Balaban J connectivity index is 2.43. The molecule has 1 saturated heterocycles. The summed E-state index contributed by atoms with van der Waals surface area (Å²) in [4.78, 5) is 10.8. The highest BCUT2D eigenvalue weighted by atomic mass is 32.2. The second-order valence-electron chi connectivity index (χ2n) is 4.25. The molecule has 2 rings (SSSR count). The maximum absolute atomic E-state index is 12.3. The number of carboxylic acids is 1. The molecule has 18 heavy (non-hydrogen) atoms. The van der Waals surface area contributed by atoms with Crippen molar-refractivity contribution in [2.24, 2.45) is 0 Å². The first-order chi connectivity index (χ1) is 8.53. The van der Waals surface area contributed by atoms with Crippen molar-refractivity contribution in [2.45, 2.75) is 24.2 Å². The minimum absolute atomic E-state index is 0.174. The molecule has 0 saturated carbocycles. The summed E-state index contributed by atoms with van der Waals surface area (Å²) in [6.07, 6.45) is 2.63. The van der Waals surface area contributed by atoms with Gasteiger partial charge in [0.15, 0.2) is 0 Å². The van der Waals surface area contributed by atoms with E-state index in [1.807, 2.05) is 0 Å². The van der Waals surface area contributed by atoms with Gasteiger partial charge in [-0.25, -0.2) is 8.42 Å². The summed E-state index contributed by atoms with van der Waals surface area (Å²) in [6, 6.07) is 5.57. The smallest absolute Gasteiger partial charge is 0.243 e. The van der Waals surface area contributed by atoms with E-state index in [0.717, 1.165) is 19.3 Å². The predicted molar refractivity (Wildman–Crippen MR) is 63.4 cm³/mol. The van der Waals surface area contributed by atoms with Crippen LogP contribution in [0.1, 0.15) is 29.6 Å². The third-order valence-corrected chi connectivity index (χ3v) is 5.00. The second kappa shape index (κ2) is 5.07. The molecule has 5 nitrogen and oxygen atoms in total. The molecule has 0 spiro atoms. The van der Waals surface area contributed by atoms with Crippen molar-refractivity contribution in [2.75, 3.05) is 13.1 Å².